The van der Waals surface area contributed by atoms with Crippen molar-refractivity contribution in [2.24, 2.45) is 0 Å². The molecule has 0 aliphatic carbocycles. The summed E-state index contributed by atoms with van der Waals surface area (Å²) >= 11 is 3.28. The van der Waals surface area contributed by atoms with E-state index in [-0.39, 0.29) is 5.75 Å². The number of aromatic nitrogens is 2. The average Bonchev–Trinajstić information content (AvgIpc) is 2.51. The highest BCUT2D eigenvalue weighted by Crippen LogP contribution is 2.24. The molecule has 0 atom stereocenters. The fraction of sp³-hybridized carbons (Fsp3) is 0. The average molecular weight is 254 g/mol. The molecule has 14 heavy (non-hydrogen) atoms. The molecule has 4 nitrogen and oxygen atoms in total. The zero-order valence-corrected chi connectivity index (χ0v) is 8.77. The van der Waals surface area contributed by atoms with Crippen LogP contribution in [-0.2, 0) is 0 Å². The van der Waals surface area contributed by atoms with Gasteiger partial charge in [-0.2, -0.15) is 5.10 Å². The molecule has 1 heterocycles. The zero-order chi connectivity index (χ0) is 10.1. The maximum Gasteiger partial charge on any atom is 0.143 e. The third kappa shape index (κ3) is 1.58. The van der Waals surface area contributed by atoms with Gasteiger partial charge in [-0.25, -0.2) is 4.68 Å². The van der Waals surface area contributed by atoms with Crippen LogP contribution < -0.4 is 5.73 Å². The lowest BCUT2D eigenvalue weighted by molar-refractivity contribution is 0.471. The van der Waals surface area contributed by atoms with Crippen molar-refractivity contribution in [3.05, 3.63) is 35.1 Å². The number of benzene rings is 1. The molecule has 72 valence electrons. The Labute approximate surface area is 89.1 Å². The summed E-state index contributed by atoms with van der Waals surface area (Å²) in [5, 5.41) is 13.6. The maximum atomic E-state index is 9.60. The van der Waals surface area contributed by atoms with Crippen molar-refractivity contribution in [3.63, 3.8) is 0 Å². The Kier molecular flexibility index (Phi) is 2.17. The van der Waals surface area contributed by atoms with Crippen LogP contribution in [0.5, 0.6) is 5.75 Å². The molecule has 5 heteroatoms. The van der Waals surface area contributed by atoms with E-state index >= 15 is 0 Å². The van der Waals surface area contributed by atoms with Gasteiger partial charge in [-0.1, -0.05) is 0 Å². The first kappa shape index (κ1) is 9.08. The lowest BCUT2D eigenvalue weighted by Gasteiger charge is -2.04. The van der Waals surface area contributed by atoms with Crippen LogP contribution in [0.4, 0.5) is 5.69 Å². The van der Waals surface area contributed by atoms with Crippen molar-refractivity contribution in [1.29, 1.82) is 0 Å². The number of nitrogens with zero attached hydrogens (tertiary/aromatic N) is 2. The second kappa shape index (κ2) is 3.34. The minimum absolute atomic E-state index is 0.112. The molecule has 0 saturated carbocycles. The standard InChI is InChI=1S/C9H8BrN3O/c10-6-4-12-13(5-6)8-2-1-7(11)3-9(8)14/h1-5,14H,11H2. The van der Waals surface area contributed by atoms with Gasteiger partial charge < -0.3 is 10.8 Å². The topological polar surface area (TPSA) is 64.1 Å². The monoisotopic (exact) mass is 253 g/mol. The molecule has 0 radical (unpaired) electrons. The van der Waals surface area contributed by atoms with Crippen LogP contribution in [0.3, 0.4) is 0 Å². The molecule has 1 aromatic carbocycles. The van der Waals surface area contributed by atoms with Gasteiger partial charge in [0.1, 0.15) is 11.4 Å². The fourth-order valence-corrected chi connectivity index (χ4v) is 1.45. The molecule has 0 amide bonds. The van der Waals surface area contributed by atoms with Crippen LogP contribution in [0, 0.1) is 0 Å². The second-order valence-corrected chi connectivity index (χ2v) is 3.77. The first-order chi connectivity index (χ1) is 6.66. The summed E-state index contributed by atoms with van der Waals surface area (Å²) in [6, 6.07) is 4.92. The third-order valence-corrected chi connectivity index (χ3v) is 2.21. The summed E-state index contributed by atoms with van der Waals surface area (Å²) < 4.78 is 2.42. The van der Waals surface area contributed by atoms with E-state index in [4.69, 9.17) is 5.73 Å². The zero-order valence-electron chi connectivity index (χ0n) is 7.18. The minimum Gasteiger partial charge on any atom is -0.506 e. The molecule has 2 rings (SSSR count). The summed E-state index contributed by atoms with van der Waals surface area (Å²) in [5.74, 6) is 0.112. The molecular formula is C9H8BrN3O. The van der Waals surface area contributed by atoms with Gasteiger partial charge in [0.15, 0.2) is 0 Å². The number of aromatic hydroxyl groups is 1. The molecule has 1 aromatic heterocycles. The molecule has 0 saturated heterocycles. The van der Waals surface area contributed by atoms with E-state index in [0.717, 1.165) is 4.47 Å². The van der Waals surface area contributed by atoms with Crippen molar-refractivity contribution in [2.75, 3.05) is 5.73 Å². The number of phenols is 1. The number of rotatable bonds is 1. The highest BCUT2D eigenvalue weighted by Gasteiger charge is 2.04. The van der Waals surface area contributed by atoms with Gasteiger partial charge in [-0.05, 0) is 28.1 Å². The smallest absolute Gasteiger partial charge is 0.143 e. The van der Waals surface area contributed by atoms with E-state index in [2.05, 4.69) is 21.0 Å². The van der Waals surface area contributed by atoms with E-state index < -0.39 is 0 Å². The highest BCUT2D eigenvalue weighted by atomic mass is 79.9. The third-order valence-electron chi connectivity index (χ3n) is 1.80. The molecule has 0 aliphatic heterocycles. The predicted molar refractivity (Wildman–Crippen MR) is 57.3 cm³/mol. The summed E-state index contributed by atoms with van der Waals surface area (Å²) in [6.45, 7) is 0. The highest BCUT2D eigenvalue weighted by molar-refractivity contribution is 9.10. The number of phenolic OH excluding ortho intramolecular Hbond substituents is 1. The van der Waals surface area contributed by atoms with Gasteiger partial charge in [-0.15, -0.1) is 0 Å². The summed E-state index contributed by atoms with van der Waals surface area (Å²) in [6.07, 6.45) is 3.40. The van der Waals surface area contributed by atoms with Crippen molar-refractivity contribution < 1.29 is 5.11 Å². The Morgan fingerprint density at radius 3 is 2.79 bits per heavy atom. The maximum absolute atomic E-state index is 9.60. The first-order valence-electron chi connectivity index (χ1n) is 3.96. The Hall–Kier alpha value is -1.49. The van der Waals surface area contributed by atoms with Crippen LogP contribution in [0.15, 0.2) is 35.1 Å². The summed E-state index contributed by atoms with van der Waals surface area (Å²) in [5.41, 5.74) is 6.64. The van der Waals surface area contributed by atoms with Gasteiger partial charge in [0.25, 0.3) is 0 Å². The Morgan fingerprint density at radius 1 is 1.43 bits per heavy atom. The van der Waals surface area contributed by atoms with Gasteiger partial charge in [0.2, 0.25) is 0 Å². The number of nitrogen functional groups attached to an aromatic ring is 1. The van der Waals surface area contributed by atoms with Gasteiger partial charge in [0.05, 0.1) is 10.7 Å². The molecule has 0 bridgehead atoms. The fourth-order valence-electron chi connectivity index (χ4n) is 1.17. The van der Waals surface area contributed by atoms with E-state index in [9.17, 15) is 5.11 Å². The minimum atomic E-state index is 0.112. The van der Waals surface area contributed by atoms with E-state index in [0.29, 0.717) is 11.4 Å². The quantitative estimate of drug-likeness (QED) is 0.764. The van der Waals surface area contributed by atoms with Crippen molar-refractivity contribution >= 4 is 21.6 Å². The number of hydrogen-bond donors (Lipinski definition) is 2. The lowest BCUT2D eigenvalue weighted by atomic mass is 10.2. The summed E-state index contributed by atoms with van der Waals surface area (Å²) in [4.78, 5) is 0. The van der Waals surface area contributed by atoms with Crippen LogP contribution in [-0.4, -0.2) is 14.9 Å². The van der Waals surface area contributed by atoms with Gasteiger partial charge in [0, 0.05) is 18.0 Å². The van der Waals surface area contributed by atoms with Crippen LogP contribution in [0.1, 0.15) is 0 Å². The van der Waals surface area contributed by atoms with E-state index in [1.807, 2.05) is 0 Å². The van der Waals surface area contributed by atoms with Crippen molar-refractivity contribution in [3.8, 4) is 11.4 Å². The van der Waals surface area contributed by atoms with Crippen LogP contribution in [0.25, 0.3) is 5.69 Å². The molecule has 0 spiro atoms. The summed E-state index contributed by atoms with van der Waals surface area (Å²) in [7, 11) is 0. The van der Waals surface area contributed by atoms with Crippen molar-refractivity contribution in [1.82, 2.24) is 9.78 Å². The number of anilines is 1. The second-order valence-electron chi connectivity index (χ2n) is 2.85. The van der Waals surface area contributed by atoms with Gasteiger partial charge in [-0.3, -0.25) is 0 Å². The number of hydrogen-bond acceptors (Lipinski definition) is 3. The molecule has 0 fully saturated rings. The Morgan fingerprint density at radius 2 is 2.21 bits per heavy atom. The lowest BCUT2D eigenvalue weighted by Crippen LogP contribution is -1.95. The largest absolute Gasteiger partial charge is 0.506 e. The van der Waals surface area contributed by atoms with Gasteiger partial charge >= 0.3 is 0 Å². The van der Waals surface area contributed by atoms with Crippen LogP contribution >= 0.6 is 15.9 Å². The number of halogens is 1. The number of nitrogens with two attached hydrogens (primary N) is 1. The Bertz CT molecular complexity index is 467. The Balaban J connectivity index is 2.52. The SMILES string of the molecule is Nc1ccc(-n2cc(Br)cn2)c(O)c1. The first-order valence-corrected chi connectivity index (χ1v) is 4.75. The molecule has 3 N–H and O–H groups in total. The predicted octanol–water partition coefficient (Wildman–Crippen LogP) is 1.92. The molecule has 0 unspecified atom stereocenters. The van der Waals surface area contributed by atoms with Crippen LogP contribution in [0.2, 0.25) is 0 Å². The molecule has 0 aliphatic rings. The molecule has 2 aromatic rings. The van der Waals surface area contributed by atoms with E-state index in [1.54, 1.807) is 29.2 Å². The van der Waals surface area contributed by atoms with Crippen molar-refractivity contribution in [2.45, 2.75) is 0 Å². The normalized spacial score (nSPS) is 10.4. The van der Waals surface area contributed by atoms with E-state index in [1.165, 1.54) is 6.07 Å². The molecular weight excluding hydrogens is 246 g/mol.